The van der Waals surface area contributed by atoms with Crippen molar-refractivity contribution in [2.24, 2.45) is 0 Å². The van der Waals surface area contributed by atoms with Crippen LogP contribution in [0.2, 0.25) is 0 Å². The number of carbonyl (C=O) groups is 1. The second-order valence-corrected chi connectivity index (χ2v) is 3.50. The molecule has 0 fully saturated rings. The molecule has 0 aliphatic rings. The molecule has 0 aliphatic carbocycles. The molecule has 0 heterocycles. The third-order valence-corrected chi connectivity index (χ3v) is 1.91. The summed E-state index contributed by atoms with van der Waals surface area (Å²) >= 11 is 0. The van der Waals surface area contributed by atoms with Crippen molar-refractivity contribution in [1.82, 2.24) is 0 Å². The number of nitrogens with one attached hydrogen (secondary N) is 1. The Morgan fingerprint density at radius 2 is 2.17 bits per heavy atom. The first-order chi connectivity index (χ1) is 8.40. The van der Waals surface area contributed by atoms with Crippen LogP contribution >= 0.6 is 0 Å². The van der Waals surface area contributed by atoms with E-state index in [2.05, 4.69) is 16.6 Å². The van der Waals surface area contributed by atoms with Crippen LogP contribution in [-0.4, -0.2) is 18.7 Å². The Bertz CT molecular complexity index is 430. The van der Waals surface area contributed by atoms with Gasteiger partial charge >= 0.3 is 6.18 Å². The predicted molar refractivity (Wildman–Crippen MR) is 61.0 cm³/mol. The summed E-state index contributed by atoms with van der Waals surface area (Å²) in [7, 11) is 0. The van der Waals surface area contributed by atoms with Gasteiger partial charge in [-0.3, -0.25) is 4.79 Å². The molecule has 0 aromatic heterocycles. The highest BCUT2D eigenvalue weighted by Crippen LogP contribution is 2.16. The highest BCUT2D eigenvalue weighted by molar-refractivity contribution is 5.98. The molecule has 1 aromatic rings. The Morgan fingerprint density at radius 1 is 1.44 bits per heavy atom. The minimum absolute atomic E-state index is 0.169. The number of carbonyl (C=O) groups excluding carboxylic acids is 1. The van der Waals surface area contributed by atoms with Crippen LogP contribution in [0.5, 0.6) is 0 Å². The first kappa shape index (κ1) is 14.2. The topological polar surface area (TPSA) is 38.3 Å². The van der Waals surface area contributed by atoms with Crippen molar-refractivity contribution < 1.29 is 22.7 Å². The van der Waals surface area contributed by atoms with Gasteiger partial charge in [-0.2, -0.15) is 13.2 Å². The van der Waals surface area contributed by atoms with E-state index in [9.17, 15) is 18.0 Å². The zero-order valence-electron chi connectivity index (χ0n) is 9.46. The largest absolute Gasteiger partial charge is 0.411 e. The molecule has 3 nitrogen and oxygen atoms in total. The summed E-state index contributed by atoms with van der Waals surface area (Å²) in [6.45, 7) is 1.83. The van der Waals surface area contributed by atoms with Crippen molar-refractivity contribution in [3.8, 4) is 0 Å². The van der Waals surface area contributed by atoms with Gasteiger partial charge in [0.15, 0.2) is 0 Å². The summed E-state index contributed by atoms with van der Waals surface area (Å²) in [5.41, 5.74) is 1.02. The standard InChI is InChI=1S/C12H12F3NO2/c1-2-11(17)16-10-5-3-4-9(6-10)7-18-8-12(13,14)15/h2-6H,1,7-8H2,(H,16,17). The third-order valence-electron chi connectivity index (χ3n) is 1.91. The number of anilines is 1. The van der Waals surface area contributed by atoms with Crippen molar-refractivity contribution in [2.75, 3.05) is 11.9 Å². The average molecular weight is 259 g/mol. The predicted octanol–water partition coefficient (Wildman–Crippen LogP) is 2.89. The van der Waals surface area contributed by atoms with Gasteiger partial charge < -0.3 is 10.1 Å². The fourth-order valence-electron chi connectivity index (χ4n) is 1.22. The molecule has 0 saturated heterocycles. The van der Waals surface area contributed by atoms with E-state index in [1.807, 2.05) is 0 Å². The number of benzene rings is 1. The van der Waals surface area contributed by atoms with Gasteiger partial charge in [-0.15, -0.1) is 0 Å². The van der Waals surface area contributed by atoms with Gasteiger partial charge in [0.1, 0.15) is 6.61 Å². The molecule has 0 spiro atoms. The number of alkyl halides is 3. The number of amides is 1. The van der Waals surface area contributed by atoms with E-state index in [0.29, 0.717) is 11.3 Å². The van der Waals surface area contributed by atoms with Crippen LogP contribution < -0.4 is 5.32 Å². The number of ether oxygens (including phenoxy) is 1. The number of rotatable bonds is 5. The second kappa shape index (κ2) is 6.20. The summed E-state index contributed by atoms with van der Waals surface area (Å²) in [5.74, 6) is -0.386. The van der Waals surface area contributed by atoms with E-state index in [1.54, 1.807) is 18.2 Å². The van der Waals surface area contributed by atoms with E-state index in [0.717, 1.165) is 6.08 Å². The molecular weight excluding hydrogens is 247 g/mol. The molecule has 18 heavy (non-hydrogen) atoms. The third kappa shape index (κ3) is 5.49. The van der Waals surface area contributed by atoms with Crippen molar-refractivity contribution in [1.29, 1.82) is 0 Å². The van der Waals surface area contributed by atoms with Crippen LogP contribution in [0.3, 0.4) is 0 Å². The van der Waals surface area contributed by atoms with E-state index in [1.165, 1.54) is 6.07 Å². The molecule has 98 valence electrons. The molecule has 1 aromatic carbocycles. The number of hydrogen-bond acceptors (Lipinski definition) is 2. The van der Waals surface area contributed by atoms with Gasteiger partial charge in [-0.1, -0.05) is 18.7 Å². The fraction of sp³-hybridized carbons (Fsp3) is 0.250. The van der Waals surface area contributed by atoms with Gasteiger partial charge in [0.2, 0.25) is 5.91 Å². The summed E-state index contributed by atoms with van der Waals surface area (Å²) in [6, 6.07) is 6.39. The Hall–Kier alpha value is -1.82. The summed E-state index contributed by atoms with van der Waals surface area (Å²) in [5, 5.41) is 2.50. The molecule has 1 N–H and O–H groups in total. The normalized spacial score (nSPS) is 11.1. The summed E-state index contributed by atoms with van der Waals surface area (Å²) < 4.78 is 40.1. The van der Waals surface area contributed by atoms with Gasteiger partial charge in [-0.25, -0.2) is 0 Å². The maximum absolute atomic E-state index is 11.9. The molecule has 0 saturated carbocycles. The lowest BCUT2D eigenvalue weighted by Crippen LogP contribution is -2.16. The zero-order valence-corrected chi connectivity index (χ0v) is 9.46. The molecule has 1 amide bonds. The Balaban J connectivity index is 2.54. The molecule has 1 rings (SSSR count). The Morgan fingerprint density at radius 3 is 2.78 bits per heavy atom. The lowest BCUT2D eigenvalue weighted by Gasteiger charge is -2.09. The van der Waals surface area contributed by atoms with E-state index in [-0.39, 0.29) is 12.5 Å². The lowest BCUT2D eigenvalue weighted by molar-refractivity contribution is -0.176. The van der Waals surface area contributed by atoms with Gasteiger partial charge in [-0.05, 0) is 23.8 Å². The fourth-order valence-corrected chi connectivity index (χ4v) is 1.22. The quantitative estimate of drug-likeness (QED) is 0.826. The van der Waals surface area contributed by atoms with E-state index in [4.69, 9.17) is 0 Å². The Kier molecular flexibility index (Phi) is 4.91. The highest BCUT2D eigenvalue weighted by atomic mass is 19.4. The van der Waals surface area contributed by atoms with Crippen LogP contribution in [-0.2, 0) is 16.1 Å². The van der Waals surface area contributed by atoms with Crippen LogP contribution in [0.15, 0.2) is 36.9 Å². The zero-order chi connectivity index (χ0) is 13.6. The molecule has 0 bridgehead atoms. The molecule has 0 radical (unpaired) electrons. The van der Waals surface area contributed by atoms with Crippen molar-refractivity contribution >= 4 is 11.6 Å². The maximum atomic E-state index is 11.9. The molecule has 6 heteroatoms. The second-order valence-electron chi connectivity index (χ2n) is 3.50. The van der Waals surface area contributed by atoms with Gasteiger partial charge in [0.25, 0.3) is 0 Å². The van der Waals surface area contributed by atoms with E-state index >= 15 is 0 Å². The molecule has 0 atom stereocenters. The van der Waals surface area contributed by atoms with Crippen LogP contribution in [0.4, 0.5) is 18.9 Å². The number of hydrogen-bond donors (Lipinski definition) is 1. The number of halogens is 3. The smallest absolute Gasteiger partial charge is 0.367 e. The van der Waals surface area contributed by atoms with Crippen LogP contribution in [0.1, 0.15) is 5.56 Å². The van der Waals surface area contributed by atoms with Crippen molar-refractivity contribution in [3.05, 3.63) is 42.5 Å². The summed E-state index contributed by atoms with van der Waals surface area (Å²) in [4.78, 5) is 11.0. The monoisotopic (exact) mass is 259 g/mol. The molecular formula is C12H12F3NO2. The molecule has 0 unspecified atom stereocenters. The minimum atomic E-state index is -4.34. The Labute approximate surface area is 102 Å². The first-order valence-electron chi connectivity index (χ1n) is 5.07. The SMILES string of the molecule is C=CC(=O)Nc1cccc(COCC(F)(F)F)c1. The average Bonchev–Trinajstić information content (AvgIpc) is 2.27. The van der Waals surface area contributed by atoms with E-state index < -0.39 is 12.8 Å². The maximum Gasteiger partial charge on any atom is 0.411 e. The minimum Gasteiger partial charge on any atom is -0.367 e. The lowest BCUT2D eigenvalue weighted by atomic mass is 10.2. The summed E-state index contributed by atoms with van der Waals surface area (Å²) in [6.07, 6.45) is -3.23. The van der Waals surface area contributed by atoms with Gasteiger partial charge in [0.05, 0.1) is 6.61 Å². The first-order valence-corrected chi connectivity index (χ1v) is 5.07. The van der Waals surface area contributed by atoms with Crippen molar-refractivity contribution in [3.63, 3.8) is 0 Å². The molecule has 0 aliphatic heterocycles. The van der Waals surface area contributed by atoms with Crippen LogP contribution in [0, 0.1) is 0 Å². The van der Waals surface area contributed by atoms with Gasteiger partial charge in [0, 0.05) is 5.69 Å². The highest BCUT2D eigenvalue weighted by Gasteiger charge is 2.27. The van der Waals surface area contributed by atoms with Crippen LogP contribution in [0.25, 0.3) is 0 Å². The van der Waals surface area contributed by atoms with Crippen molar-refractivity contribution in [2.45, 2.75) is 12.8 Å².